The van der Waals surface area contributed by atoms with Gasteiger partial charge in [0.1, 0.15) is 0 Å². The summed E-state index contributed by atoms with van der Waals surface area (Å²) < 4.78 is 34.0. The van der Waals surface area contributed by atoms with Gasteiger partial charge in [-0.3, -0.25) is 0 Å². The van der Waals surface area contributed by atoms with Crippen LogP contribution in [0.5, 0.6) is 0 Å². The van der Waals surface area contributed by atoms with E-state index in [2.05, 4.69) is 0 Å². The van der Waals surface area contributed by atoms with Gasteiger partial charge in [-0.25, -0.2) is 18.6 Å². The Labute approximate surface area is 140 Å². The molecule has 0 saturated heterocycles. The van der Waals surface area contributed by atoms with Crippen molar-refractivity contribution in [1.82, 2.24) is 0 Å². The van der Waals surface area contributed by atoms with Crippen LogP contribution in [-0.4, -0.2) is 99.4 Å². The van der Waals surface area contributed by atoms with E-state index in [1.165, 1.54) is 0 Å². The molecule has 0 saturated carbocycles. The van der Waals surface area contributed by atoms with Gasteiger partial charge >= 0.3 is 94.4 Å². The first-order valence-corrected chi connectivity index (χ1v) is 2.40. The molecule has 0 spiro atoms. The molecule has 56 valence electrons. The van der Waals surface area contributed by atoms with Crippen molar-refractivity contribution in [1.29, 1.82) is 0 Å². The molecular weight excluding hydrogens is 386 g/mol. The van der Waals surface area contributed by atoms with Crippen molar-refractivity contribution in [2.24, 2.45) is 0 Å². The molecule has 0 unspecified atom stereocenters. The summed E-state index contributed by atoms with van der Waals surface area (Å²) in [6, 6.07) is 0. The first-order chi connectivity index (χ1) is 3.73. The molecule has 0 rings (SSSR count). The Morgan fingerprint density at radius 2 is 1.00 bits per heavy atom. The zero-order valence-corrected chi connectivity index (χ0v) is 13.8. The third-order valence-electron chi connectivity index (χ3n) is 0. The maximum atomic E-state index is 8.49. The molecule has 11 heteroatoms. The van der Waals surface area contributed by atoms with E-state index >= 15 is 0 Å². The van der Waals surface area contributed by atoms with Gasteiger partial charge in [0.15, 0.2) is 0 Å². The topological polar surface area (TPSA) is 158 Å². The number of hydrogen-bond donors (Lipinski definition) is 0. The number of nitrogens with zero attached hydrogens (tertiary/aromatic N) is 1. The molecule has 8 nitrogen and oxygen atoms in total. The quantitative estimate of drug-likeness (QED) is 0.228. The van der Waals surface area contributed by atoms with Crippen molar-refractivity contribution >= 4 is 94.4 Å². The molecule has 0 heterocycles. The molecule has 0 aliphatic carbocycles. The Hall–Kier alpha value is 2.38. The van der Waals surface area contributed by atoms with Crippen molar-refractivity contribution in [2.45, 2.75) is 0 Å². The SMILES string of the molecule is O=[N+]([O-])[O-].[Ba+2].[O-][Cl+3]([O-])([O-])[O-].[Sr+2]. The van der Waals surface area contributed by atoms with Crippen molar-refractivity contribution in [3.63, 3.8) is 0 Å². The molecule has 0 aromatic rings. The number of halogens is 1. The van der Waals surface area contributed by atoms with Gasteiger partial charge in [0.2, 0.25) is 0 Å². The van der Waals surface area contributed by atoms with Gasteiger partial charge in [-0.15, -0.1) is 10.2 Å². The second kappa shape index (κ2) is 12.4. The molecule has 11 heavy (non-hydrogen) atoms. The van der Waals surface area contributed by atoms with Crippen molar-refractivity contribution in [2.75, 3.05) is 0 Å². The van der Waals surface area contributed by atoms with Crippen LogP contribution in [0, 0.1) is 25.6 Å². The fourth-order valence-electron chi connectivity index (χ4n) is 0. The standard InChI is InChI=1S/Ba.ClHO4.NO3.Sr/c;2-1(3,4)5;2-1(3)4;/h;(H,2,3,4,5);;/q+2;;-1;+2/p-1. The summed E-state index contributed by atoms with van der Waals surface area (Å²) in [5.41, 5.74) is 0. The van der Waals surface area contributed by atoms with Gasteiger partial charge in [0.25, 0.3) is 0 Å². The van der Waals surface area contributed by atoms with Gasteiger partial charge in [0.05, 0.1) is 5.09 Å². The molecular formula is BaClNO7Sr+2. The summed E-state index contributed by atoms with van der Waals surface area (Å²) in [6.45, 7) is 0. The van der Waals surface area contributed by atoms with Gasteiger partial charge in [-0.2, -0.15) is 0 Å². The van der Waals surface area contributed by atoms with E-state index in [4.69, 9.17) is 34.0 Å². The van der Waals surface area contributed by atoms with Crippen LogP contribution in [0.15, 0.2) is 0 Å². The fraction of sp³-hybridized carbons (Fsp3) is 0. The molecule has 0 aromatic heterocycles. The van der Waals surface area contributed by atoms with E-state index in [1.54, 1.807) is 0 Å². The molecule has 0 amide bonds. The third-order valence-corrected chi connectivity index (χ3v) is 0. The maximum Gasteiger partial charge on any atom is 2.00 e. The summed E-state index contributed by atoms with van der Waals surface area (Å²) in [6.07, 6.45) is 0. The number of rotatable bonds is 0. The van der Waals surface area contributed by atoms with Crippen LogP contribution in [0.2, 0.25) is 0 Å². The summed E-state index contributed by atoms with van der Waals surface area (Å²) >= 11 is 0. The predicted octanol–water partition coefficient (Wildman–Crippen LogP) is -5.76. The van der Waals surface area contributed by atoms with E-state index in [-0.39, 0.29) is 94.4 Å². The summed E-state index contributed by atoms with van der Waals surface area (Å²) in [5, 5.41) is 14.8. The summed E-state index contributed by atoms with van der Waals surface area (Å²) in [5.74, 6) is 0. The Kier molecular flexibility index (Phi) is 26.2. The van der Waals surface area contributed by atoms with Crippen molar-refractivity contribution in [3.8, 4) is 0 Å². The average molecular weight is 386 g/mol. The van der Waals surface area contributed by atoms with E-state index in [0.717, 1.165) is 0 Å². The molecule has 0 radical (unpaired) electrons. The molecule has 0 aliphatic rings. The number of hydrogen-bond acceptors (Lipinski definition) is 7. The Bertz CT molecular complexity index is 80.9. The zero-order valence-electron chi connectivity index (χ0n) is 5.10. The van der Waals surface area contributed by atoms with Crippen LogP contribution in [0.25, 0.3) is 0 Å². The second-order valence-electron chi connectivity index (χ2n) is 0.602. The molecule has 0 N–H and O–H groups in total. The molecule has 0 bridgehead atoms. The molecule has 0 aliphatic heterocycles. The average Bonchev–Trinajstić information content (AvgIpc) is 1.19. The fourth-order valence-corrected chi connectivity index (χ4v) is 0. The van der Waals surface area contributed by atoms with Gasteiger partial charge in [-0.1, -0.05) is 0 Å². The van der Waals surface area contributed by atoms with Crippen LogP contribution in [0.1, 0.15) is 0 Å². The minimum Gasteiger partial charge on any atom is -0.356 e. The first-order valence-electron chi connectivity index (χ1n) is 1.16. The molecule has 0 aromatic carbocycles. The van der Waals surface area contributed by atoms with Crippen LogP contribution >= 0.6 is 0 Å². The van der Waals surface area contributed by atoms with Crippen LogP contribution in [0.3, 0.4) is 0 Å². The van der Waals surface area contributed by atoms with E-state index < -0.39 is 15.3 Å². The first kappa shape index (κ1) is 23.3. The van der Waals surface area contributed by atoms with Crippen molar-refractivity contribution < 1.29 is 34.0 Å². The Morgan fingerprint density at radius 1 is 1.00 bits per heavy atom. The zero-order chi connectivity index (χ0) is 8.08. The molecule has 0 fully saturated rings. The van der Waals surface area contributed by atoms with Crippen LogP contribution in [-0.2, 0) is 0 Å². The largest absolute Gasteiger partial charge is 2.00 e. The minimum atomic E-state index is -4.94. The maximum absolute atomic E-state index is 8.49. The summed E-state index contributed by atoms with van der Waals surface area (Å²) in [7, 11) is -4.94. The normalized spacial score (nSPS) is 7.64. The minimum absolute atomic E-state index is 0. The van der Waals surface area contributed by atoms with Gasteiger partial charge in [-0.05, 0) is 0 Å². The van der Waals surface area contributed by atoms with E-state index in [0.29, 0.717) is 0 Å². The van der Waals surface area contributed by atoms with Gasteiger partial charge in [0, 0.05) is 0 Å². The Morgan fingerprint density at radius 3 is 1.00 bits per heavy atom. The van der Waals surface area contributed by atoms with Crippen molar-refractivity contribution in [3.05, 3.63) is 15.3 Å². The van der Waals surface area contributed by atoms with Crippen LogP contribution in [0.4, 0.5) is 0 Å². The van der Waals surface area contributed by atoms with Gasteiger partial charge < -0.3 is 15.3 Å². The van der Waals surface area contributed by atoms with E-state index in [9.17, 15) is 0 Å². The Balaban J connectivity index is -0.0000000383. The van der Waals surface area contributed by atoms with Crippen LogP contribution < -0.4 is 18.6 Å². The van der Waals surface area contributed by atoms with E-state index in [1.807, 2.05) is 0 Å². The third kappa shape index (κ3) is 235. The summed E-state index contributed by atoms with van der Waals surface area (Å²) in [4.78, 5) is 8.25. The predicted molar refractivity (Wildman–Crippen MR) is 21.9 cm³/mol. The monoisotopic (exact) mass is 387 g/mol. The second-order valence-corrected chi connectivity index (χ2v) is 1.36. The molecule has 0 atom stereocenters. The smallest absolute Gasteiger partial charge is 0.356 e.